The normalized spacial score (nSPS) is 16.1. The van der Waals surface area contributed by atoms with Crippen LogP contribution in [0.4, 0.5) is 18.9 Å². The van der Waals surface area contributed by atoms with E-state index in [-0.39, 0.29) is 35.0 Å². The van der Waals surface area contributed by atoms with E-state index < -0.39 is 60.8 Å². The Morgan fingerprint density at radius 3 is 2.50 bits per heavy atom. The first-order valence-corrected chi connectivity index (χ1v) is 11.6. The second kappa shape index (κ2) is 12.1. The summed E-state index contributed by atoms with van der Waals surface area (Å²) in [6.45, 7) is -0.110. The molecule has 0 bridgehead atoms. The summed E-state index contributed by atoms with van der Waals surface area (Å²) < 4.78 is 39.5. The van der Waals surface area contributed by atoms with Crippen molar-refractivity contribution in [2.45, 2.75) is 31.0 Å². The minimum Gasteiger partial charge on any atom is -0.508 e. The lowest BCUT2D eigenvalue weighted by atomic mass is 9.89. The number of benzene rings is 2. The van der Waals surface area contributed by atoms with Crippen LogP contribution in [0.25, 0.3) is 0 Å². The number of alkyl halides is 3. The number of nitrogens with one attached hydrogen (secondary N) is 3. The van der Waals surface area contributed by atoms with Crippen LogP contribution >= 0.6 is 11.6 Å². The van der Waals surface area contributed by atoms with Crippen molar-refractivity contribution in [3.8, 4) is 5.75 Å². The molecule has 1 heterocycles. The Kier molecular flexibility index (Phi) is 9.17. The van der Waals surface area contributed by atoms with Gasteiger partial charge in [-0.25, -0.2) is 0 Å². The summed E-state index contributed by atoms with van der Waals surface area (Å²) in [5, 5.41) is 36.5. The smallest absolute Gasteiger partial charge is 0.416 e. The summed E-state index contributed by atoms with van der Waals surface area (Å²) in [7, 11) is 0. The average Bonchev–Trinajstić information content (AvgIpc) is 2.82. The largest absolute Gasteiger partial charge is 0.508 e. The molecular weight excluding hydrogens is 533 g/mol. The third-order valence-corrected chi connectivity index (χ3v) is 5.69. The number of guanidine groups is 1. The fourth-order valence-corrected chi connectivity index (χ4v) is 3.97. The Morgan fingerprint density at radius 2 is 1.87 bits per heavy atom. The first-order chi connectivity index (χ1) is 17.8. The van der Waals surface area contributed by atoms with Gasteiger partial charge in [0.1, 0.15) is 5.75 Å². The number of nitrogens with zero attached hydrogens (tertiary/aromatic N) is 1. The molecular formula is C24H24ClF3N4O6. The molecule has 0 spiro atoms. The lowest BCUT2D eigenvalue weighted by Crippen LogP contribution is -2.42. The first-order valence-electron chi connectivity index (χ1n) is 11.3. The van der Waals surface area contributed by atoms with Gasteiger partial charge in [-0.1, -0.05) is 11.6 Å². The van der Waals surface area contributed by atoms with Crippen molar-refractivity contribution in [1.29, 1.82) is 0 Å². The summed E-state index contributed by atoms with van der Waals surface area (Å²) in [5.41, 5.74) is -0.854. The Labute approximate surface area is 219 Å². The predicted molar refractivity (Wildman–Crippen MR) is 131 cm³/mol. The van der Waals surface area contributed by atoms with E-state index >= 15 is 0 Å². The second-order valence-corrected chi connectivity index (χ2v) is 9.05. The maximum absolute atomic E-state index is 13.2. The van der Waals surface area contributed by atoms with E-state index in [9.17, 15) is 42.9 Å². The molecule has 3 rings (SSSR count). The highest BCUT2D eigenvalue weighted by atomic mass is 35.5. The van der Waals surface area contributed by atoms with Gasteiger partial charge >= 0.3 is 12.1 Å². The van der Waals surface area contributed by atoms with Gasteiger partial charge in [-0.3, -0.25) is 19.4 Å². The number of Topliss-reactive ketones (excluding diaryl/α,β-unsaturated/α-hetero) is 1. The van der Waals surface area contributed by atoms with Gasteiger partial charge in [0.15, 0.2) is 11.7 Å². The van der Waals surface area contributed by atoms with Gasteiger partial charge in [-0.15, -0.1) is 0 Å². The van der Waals surface area contributed by atoms with Crippen LogP contribution in [0.5, 0.6) is 5.75 Å². The molecule has 1 amide bonds. The maximum atomic E-state index is 13.2. The molecule has 0 saturated carbocycles. The van der Waals surface area contributed by atoms with Crippen molar-refractivity contribution in [2.24, 2.45) is 4.99 Å². The number of hydrogen-bond donors (Lipinski definition) is 6. The van der Waals surface area contributed by atoms with E-state index in [1.165, 1.54) is 18.2 Å². The van der Waals surface area contributed by atoms with E-state index in [0.717, 1.165) is 12.1 Å². The number of β-amino-alcohol motifs (C(OH)–C–C–N with tert-alkyl or cyclic N) is 1. The number of phenolic OH excluding ortho intramolecular Hbond substituents is 1. The molecule has 0 radical (unpaired) electrons. The van der Waals surface area contributed by atoms with Gasteiger partial charge in [-0.05, 0) is 35.9 Å². The number of rotatable bonds is 9. The van der Waals surface area contributed by atoms with Crippen molar-refractivity contribution in [3.63, 3.8) is 0 Å². The molecule has 2 aromatic rings. The van der Waals surface area contributed by atoms with Crippen LogP contribution in [-0.4, -0.2) is 64.7 Å². The number of aliphatic hydroxyl groups is 1. The van der Waals surface area contributed by atoms with E-state index in [2.05, 4.69) is 20.9 Å². The number of anilines is 1. The van der Waals surface area contributed by atoms with E-state index in [1.807, 2.05) is 0 Å². The van der Waals surface area contributed by atoms with Crippen molar-refractivity contribution >= 4 is 40.9 Å². The molecule has 10 nitrogen and oxygen atoms in total. The van der Waals surface area contributed by atoms with Crippen LogP contribution in [0.15, 0.2) is 41.4 Å². The predicted octanol–water partition coefficient (Wildman–Crippen LogP) is 2.74. The molecule has 2 aromatic carbocycles. The van der Waals surface area contributed by atoms with Crippen LogP contribution in [-0.2, 0) is 15.8 Å². The third-order valence-electron chi connectivity index (χ3n) is 5.47. The molecule has 6 N–H and O–H groups in total. The van der Waals surface area contributed by atoms with Crippen molar-refractivity contribution in [2.75, 3.05) is 25.0 Å². The van der Waals surface area contributed by atoms with E-state index in [1.54, 1.807) is 0 Å². The van der Waals surface area contributed by atoms with Gasteiger partial charge in [0, 0.05) is 41.2 Å². The van der Waals surface area contributed by atoms with Gasteiger partial charge in [0.25, 0.3) is 5.91 Å². The Balaban J connectivity index is 1.67. The van der Waals surface area contributed by atoms with Crippen LogP contribution in [0.1, 0.15) is 40.2 Å². The lowest BCUT2D eigenvalue weighted by Gasteiger charge is -2.20. The second-order valence-electron chi connectivity index (χ2n) is 8.61. The minimum atomic E-state index is -4.72. The minimum absolute atomic E-state index is 0.0107. The standard InChI is InChI=1S/C24H24ClF3N4O6/c25-16-2-12(1-15(7-16)24(26,27)28)13(6-21(36)37)4-19(34)9-29-22(38)14-3-17(8-18(33)5-14)32-23-30-10-20(35)11-31-23/h1-3,5,7-8,13,20,33,35H,4,6,9-11H2,(H,29,38)(H,36,37)(H2,30,31,32)/t13-/m0/s1. The Hall–Kier alpha value is -3.84. The third kappa shape index (κ3) is 8.35. The maximum Gasteiger partial charge on any atom is 0.416 e. The molecule has 38 heavy (non-hydrogen) atoms. The van der Waals surface area contributed by atoms with Crippen LogP contribution in [0, 0.1) is 0 Å². The Morgan fingerprint density at radius 1 is 1.13 bits per heavy atom. The number of amides is 1. The Bertz CT molecular complexity index is 1250. The number of phenols is 1. The number of aliphatic hydroxyl groups excluding tert-OH is 1. The number of carbonyl (C=O) groups excluding carboxylic acids is 2. The zero-order chi connectivity index (χ0) is 28.0. The number of carboxylic acid groups (broad SMARTS) is 1. The molecule has 1 aliphatic rings. The zero-order valence-corrected chi connectivity index (χ0v) is 20.4. The number of carbonyl (C=O) groups is 3. The number of aliphatic carboxylic acids is 1. The number of aromatic hydroxyl groups is 1. The molecule has 0 aliphatic carbocycles. The monoisotopic (exact) mass is 556 g/mol. The quantitative estimate of drug-likeness (QED) is 0.275. The highest BCUT2D eigenvalue weighted by Crippen LogP contribution is 2.35. The topological polar surface area (TPSA) is 160 Å². The fourth-order valence-electron chi connectivity index (χ4n) is 3.72. The number of aliphatic imine (C=N–C) groups is 1. The molecule has 204 valence electrons. The fraction of sp³-hybridized carbons (Fsp3) is 0.333. The molecule has 0 aromatic heterocycles. The molecule has 1 unspecified atom stereocenters. The highest BCUT2D eigenvalue weighted by Gasteiger charge is 2.32. The summed E-state index contributed by atoms with van der Waals surface area (Å²) in [6.07, 6.45) is -6.45. The van der Waals surface area contributed by atoms with Gasteiger partial charge in [0.05, 0.1) is 31.2 Å². The summed E-state index contributed by atoms with van der Waals surface area (Å²) in [4.78, 5) is 40.6. The van der Waals surface area contributed by atoms with Gasteiger partial charge in [-0.2, -0.15) is 13.2 Å². The van der Waals surface area contributed by atoms with Gasteiger partial charge in [0.2, 0.25) is 0 Å². The number of halogens is 4. The van der Waals surface area contributed by atoms with Crippen LogP contribution in [0.3, 0.4) is 0 Å². The zero-order valence-electron chi connectivity index (χ0n) is 19.7. The van der Waals surface area contributed by atoms with Crippen LogP contribution < -0.4 is 16.0 Å². The molecule has 0 saturated heterocycles. The van der Waals surface area contributed by atoms with Gasteiger partial charge < -0.3 is 31.3 Å². The van der Waals surface area contributed by atoms with Crippen molar-refractivity contribution < 1.29 is 42.9 Å². The summed E-state index contributed by atoms with van der Waals surface area (Å²) >= 11 is 5.80. The number of hydrogen-bond acceptors (Lipinski definition) is 8. The molecule has 2 atom stereocenters. The van der Waals surface area contributed by atoms with E-state index in [0.29, 0.717) is 17.7 Å². The molecule has 14 heteroatoms. The summed E-state index contributed by atoms with van der Waals surface area (Å²) in [6, 6.07) is 6.48. The van der Waals surface area contributed by atoms with E-state index in [4.69, 9.17) is 11.6 Å². The van der Waals surface area contributed by atoms with Crippen molar-refractivity contribution in [3.05, 3.63) is 58.1 Å². The average molecular weight is 557 g/mol. The lowest BCUT2D eigenvalue weighted by molar-refractivity contribution is -0.138. The molecule has 1 aliphatic heterocycles. The molecule has 0 fully saturated rings. The number of carboxylic acids is 1. The summed E-state index contributed by atoms with van der Waals surface area (Å²) in [5.74, 6) is -3.74. The number of ketones is 1. The SMILES string of the molecule is O=C(O)C[C@H](CC(=O)CNC(=O)c1cc(O)cc(NC2=NCC(O)CN2)c1)c1cc(Cl)cc(C(F)(F)F)c1. The van der Waals surface area contributed by atoms with Crippen molar-refractivity contribution in [1.82, 2.24) is 10.6 Å². The van der Waals surface area contributed by atoms with Crippen LogP contribution in [0.2, 0.25) is 5.02 Å². The highest BCUT2D eigenvalue weighted by molar-refractivity contribution is 6.30. The first kappa shape index (κ1) is 28.7.